The molecule has 1 aromatic carbocycles. The van der Waals surface area contributed by atoms with Crippen LogP contribution in [-0.4, -0.2) is 65.0 Å². The van der Waals surface area contributed by atoms with Crippen molar-refractivity contribution in [3.8, 4) is 5.69 Å². The zero-order valence-electron chi connectivity index (χ0n) is 14.2. The van der Waals surface area contributed by atoms with E-state index in [1.54, 1.807) is 17.2 Å². The summed E-state index contributed by atoms with van der Waals surface area (Å²) in [6.45, 7) is 9.25. The first-order chi connectivity index (χ1) is 11.7. The number of benzene rings is 1. The molecule has 0 saturated carbocycles. The van der Waals surface area contributed by atoms with E-state index in [0.717, 1.165) is 44.1 Å². The van der Waals surface area contributed by atoms with Crippen molar-refractivity contribution in [1.82, 2.24) is 19.7 Å². The van der Waals surface area contributed by atoms with Crippen LogP contribution in [0.3, 0.4) is 0 Å². The Kier molecular flexibility index (Phi) is 5.10. The van der Waals surface area contributed by atoms with E-state index in [4.69, 9.17) is 4.74 Å². The Morgan fingerprint density at radius 1 is 1.12 bits per heavy atom. The maximum Gasteiger partial charge on any atom is 0.340 e. The molecule has 0 bridgehead atoms. The summed E-state index contributed by atoms with van der Waals surface area (Å²) in [6, 6.07) is 5.82. The molecule has 2 aromatic rings. The molecule has 0 amide bonds. The topological polar surface area (TPSA) is 63.5 Å². The monoisotopic (exact) mass is 329 g/mol. The van der Waals surface area contributed by atoms with E-state index in [-0.39, 0.29) is 5.97 Å². The summed E-state index contributed by atoms with van der Waals surface area (Å²) in [5.74, 6) is -0.291. The first-order valence-corrected chi connectivity index (χ1v) is 8.36. The molecule has 0 aliphatic carbocycles. The van der Waals surface area contributed by atoms with Gasteiger partial charge in [0.25, 0.3) is 0 Å². The van der Waals surface area contributed by atoms with Crippen LogP contribution in [0.5, 0.6) is 0 Å². The fourth-order valence-electron chi connectivity index (χ4n) is 2.97. The summed E-state index contributed by atoms with van der Waals surface area (Å²) in [6.07, 6.45) is 3.23. The van der Waals surface area contributed by atoms with Crippen LogP contribution >= 0.6 is 0 Å². The molecule has 0 atom stereocenters. The molecule has 1 aromatic heterocycles. The Morgan fingerprint density at radius 3 is 2.46 bits per heavy atom. The molecule has 0 N–H and O–H groups in total. The van der Waals surface area contributed by atoms with E-state index in [2.05, 4.69) is 26.9 Å². The van der Waals surface area contributed by atoms with Crippen molar-refractivity contribution in [2.45, 2.75) is 13.8 Å². The largest absolute Gasteiger partial charge is 0.462 e. The van der Waals surface area contributed by atoms with Gasteiger partial charge in [-0.15, -0.1) is 10.2 Å². The molecule has 1 aliphatic rings. The molecule has 2 heterocycles. The van der Waals surface area contributed by atoms with Crippen molar-refractivity contribution < 1.29 is 9.53 Å². The van der Waals surface area contributed by atoms with E-state index in [0.29, 0.717) is 12.2 Å². The van der Waals surface area contributed by atoms with Gasteiger partial charge >= 0.3 is 5.97 Å². The second-order valence-corrected chi connectivity index (χ2v) is 5.71. The molecule has 24 heavy (non-hydrogen) atoms. The second kappa shape index (κ2) is 7.44. The SMILES string of the molecule is CCOC(=O)c1cc(-n2cnnc2)ccc1N1CCN(CC)CC1. The third kappa shape index (κ3) is 3.41. The van der Waals surface area contributed by atoms with Crippen molar-refractivity contribution in [3.63, 3.8) is 0 Å². The third-order valence-electron chi connectivity index (χ3n) is 4.35. The van der Waals surface area contributed by atoms with Gasteiger partial charge in [-0.1, -0.05) is 6.92 Å². The van der Waals surface area contributed by atoms with Gasteiger partial charge in [0.2, 0.25) is 0 Å². The molecule has 128 valence electrons. The number of aromatic nitrogens is 3. The molecule has 0 spiro atoms. The number of likely N-dealkylation sites (N-methyl/N-ethyl adjacent to an activating group) is 1. The number of piperazine rings is 1. The Labute approximate surface area is 141 Å². The number of rotatable bonds is 5. The highest BCUT2D eigenvalue weighted by Crippen LogP contribution is 2.26. The summed E-state index contributed by atoms with van der Waals surface area (Å²) >= 11 is 0. The van der Waals surface area contributed by atoms with Crippen LogP contribution in [0.1, 0.15) is 24.2 Å². The molecule has 1 saturated heterocycles. The van der Waals surface area contributed by atoms with Gasteiger partial charge in [-0.3, -0.25) is 4.57 Å². The highest BCUT2D eigenvalue weighted by molar-refractivity contribution is 5.96. The van der Waals surface area contributed by atoms with Crippen LogP contribution in [0.25, 0.3) is 5.69 Å². The average Bonchev–Trinajstić information content (AvgIpc) is 3.16. The van der Waals surface area contributed by atoms with Crippen molar-refractivity contribution in [1.29, 1.82) is 0 Å². The minimum atomic E-state index is -0.291. The molecule has 0 radical (unpaired) electrons. The van der Waals surface area contributed by atoms with Crippen molar-refractivity contribution in [2.75, 3.05) is 44.2 Å². The maximum atomic E-state index is 12.5. The average molecular weight is 329 g/mol. The fourth-order valence-corrected chi connectivity index (χ4v) is 2.97. The molecule has 3 rings (SSSR count). The lowest BCUT2D eigenvalue weighted by atomic mass is 10.1. The Hall–Kier alpha value is -2.41. The van der Waals surface area contributed by atoms with Gasteiger partial charge in [0, 0.05) is 31.9 Å². The number of carbonyl (C=O) groups excluding carboxylic acids is 1. The minimum Gasteiger partial charge on any atom is -0.462 e. The van der Waals surface area contributed by atoms with Crippen LogP contribution in [0.4, 0.5) is 5.69 Å². The van der Waals surface area contributed by atoms with Gasteiger partial charge in [0.05, 0.1) is 17.9 Å². The van der Waals surface area contributed by atoms with Crippen molar-refractivity contribution in [3.05, 3.63) is 36.4 Å². The lowest BCUT2D eigenvalue weighted by molar-refractivity contribution is 0.0527. The Bertz CT molecular complexity index is 678. The molecule has 0 unspecified atom stereocenters. The summed E-state index contributed by atoms with van der Waals surface area (Å²) in [4.78, 5) is 17.1. The highest BCUT2D eigenvalue weighted by atomic mass is 16.5. The zero-order valence-corrected chi connectivity index (χ0v) is 14.2. The molecule has 7 heteroatoms. The van der Waals surface area contributed by atoms with E-state index >= 15 is 0 Å². The zero-order chi connectivity index (χ0) is 16.9. The summed E-state index contributed by atoms with van der Waals surface area (Å²) in [5, 5.41) is 7.64. The standard InChI is InChI=1S/C17H23N5O2/c1-3-20-7-9-21(10-8-20)16-6-5-14(22-12-18-19-13-22)11-15(16)17(23)24-4-2/h5-6,11-13H,3-4,7-10H2,1-2H3. The summed E-state index contributed by atoms with van der Waals surface area (Å²) < 4.78 is 7.04. The van der Waals surface area contributed by atoms with Crippen LogP contribution in [0, 0.1) is 0 Å². The number of carbonyl (C=O) groups is 1. The molecular formula is C17H23N5O2. The van der Waals surface area contributed by atoms with Crippen LogP contribution in [0.2, 0.25) is 0 Å². The number of esters is 1. The molecule has 1 fully saturated rings. The first kappa shape index (κ1) is 16.4. The van der Waals surface area contributed by atoms with Gasteiger partial charge in [-0.2, -0.15) is 0 Å². The lowest BCUT2D eigenvalue weighted by Gasteiger charge is -2.36. The quantitative estimate of drug-likeness (QED) is 0.776. The van der Waals surface area contributed by atoms with Gasteiger partial charge in [0.1, 0.15) is 12.7 Å². The molecule has 7 nitrogen and oxygen atoms in total. The smallest absolute Gasteiger partial charge is 0.340 e. The van der Waals surface area contributed by atoms with Gasteiger partial charge in [-0.05, 0) is 31.7 Å². The van der Waals surface area contributed by atoms with Gasteiger partial charge in [-0.25, -0.2) is 4.79 Å². The Balaban J connectivity index is 1.91. The van der Waals surface area contributed by atoms with E-state index in [9.17, 15) is 4.79 Å². The highest BCUT2D eigenvalue weighted by Gasteiger charge is 2.22. The minimum absolute atomic E-state index is 0.291. The normalized spacial score (nSPS) is 15.5. The number of hydrogen-bond acceptors (Lipinski definition) is 6. The third-order valence-corrected chi connectivity index (χ3v) is 4.35. The predicted octanol–water partition coefficient (Wildman–Crippen LogP) is 1.59. The van der Waals surface area contributed by atoms with E-state index in [1.165, 1.54) is 0 Å². The number of ether oxygens (including phenoxy) is 1. The number of hydrogen-bond donors (Lipinski definition) is 0. The summed E-state index contributed by atoms with van der Waals surface area (Å²) in [7, 11) is 0. The van der Waals surface area contributed by atoms with Gasteiger partial charge in [0.15, 0.2) is 0 Å². The van der Waals surface area contributed by atoms with Crippen molar-refractivity contribution >= 4 is 11.7 Å². The van der Waals surface area contributed by atoms with E-state index < -0.39 is 0 Å². The van der Waals surface area contributed by atoms with Crippen LogP contribution < -0.4 is 4.90 Å². The maximum absolute atomic E-state index is 12.5. The number of anilines is 1. The fraction of sp³-hybridized carbons (Fsp3) is 0.471. The van der Waals surface area contributed by atoms with Crippen LogP contribution in [-0.2, 0) is 4.74 Å². The van der Waals surface area contributed by atoms with Gasteiger partial charge < -0.3 is 14.5 Å². The second-order valence-electron chi connectivity index (χ2n) is 5.71. The lowest BCUT2D eigenvalue weighted by Crippen LogP contribution is -2.46. The predicted molar refractivity (Wildman–Crippen MR) is 91.6 cm³/mol. The van der Waals surface area contributed by atoms with Crippen molar-refractivity contribution in [2.24, 2.45) is 0 Å². The molecule has 1 aliphatic heterocycles. The Morgan fingerprint density at radius 2 is 1.83 bits per heavy atom. The van der Waals surface area contributed by atoms with E-state index in [1.807, 2.05) is 25.1 Å². The first-order valence-electron chi connectivity index (χ1n) is 8.36. The van der Waals surface area contributed by atoms with Crippen LogP contribution in [0.15, 0.2) is 30.9 Å². The number of nitrogens with zero attached hydrogens (tertiary/aromatic N) is 5. The summed E-state index contributed by atoms with van der Waals surface area (Å²) in [5.41, 5.74) is 2.37. The molecular weight excluding hydrogens is 306 g/mol.